The zero-order valence-electron chi connectivity index (χ0n) is 11.6. The maximum atomic E-state index is 12.0. The summed E-state index contributed by atoms with van der Waals surface area (Å²) in [6.45, 7) is 1.20. The summed E-state index contributed by atoms with van der Waals surface area (Å²) in [5.74, 6) is -3.31. The van der Waals surface area contributed by atoms with Crippen molar-refractivity contribution in [2.24, 2.45) is 0 Å². The summed E-state index contributed by atoms with van der Waals surface area (Å²) in [5, 5.41) is 30.5. The number of hydrogen-bond donors (Lipinski definition) is 3. The van der Waals surface area contributed by atoms with Crippen LogP contribution in [0.4, 0.5) is 5.69 Å². The van der Waals surface area contributed by atoms with Crippen LogP contribution in [0.25, 0.3) is 0 Å². The van der Waals surface area contributed by atoms with Gasteiger partial charge in [0.15, 0.2) is 0 Å². The van der Waals surface area contributed by atoms with Gasteiger partial charge < -0.3 is 15.5 Å². The molecule has 0 radical (unpaired) electrons. The molecule has 1 aromatic rings. The van der Waals surface area contributed by atoms with Gasteiger partial charge in [-0.25, -0.2) is 4.79 Å². The number of carbonyl (C=O) groups is 3. The molecule has 1 atom stereocenters. The van der Waals surface area contributed by atoms with E-state index >= 15 is 0 Å². The lowest BCUT2D eigenvalue weighted by molar-refractivity contribution is -0.384. The number of nitrogens with one attached hydrogen (secondary N) is 1. The van der Waals surface area contributed by atoms with Crippen molar-refractivity contribution < 1.29 is 29.5 Å². The molecule has 22 heavy (non-hydrogen) atoms. The predicted molar refractivity (Wildman–Crippen MR) is 73.5 cm³/mol. The molecule has 1 rings (SSSR count). The monoisotopic (exact) mass is 310 g/mol. The van der Waals surface area contributed by atoms with Crippen molar-refractivity contribution in [1.82, 2.24) is 5.32 Å². The van der Waals surface area contributed by atoms with Gasteiger partial charge in [0.1, 0.15) is 5.54 Å². The molecule has 9 heteroatoms. The summed E-state index contributed by atoms with van der Waals surface area (Å²) in [6, 6.07) is 4.61. The Labute approximate surface area is 124 Å². The van der Waals surface area contributed by atoms with Crippen molar-refractivity contribution in [2.45, 2.75) is 25.3 Å². The minimum atomic E-state index is -1.75. The van der Waals surface area contributed by atoms with E-state index in [0.29, 0.717) is 0 Å². The number of carboxylic acid groups (broad SMARTS) is 2. The largest absolute Gasteiger partial charge is 0.481 e. The number of nitro groups is 1. The van der Waals surface area contributed by atoms with Crippen LogP contribution in [0.3, 0.4) is 0 Å². The highest BCUT2D eigenvalue weighted by Crippen LogP contribution is 2.16. The van der Waals surface area contributed by atoms with Crippen LogP contribution in [0.5, 0.6) is 0 Å². The second-order valence-electron chi connectivity index (χ2n) is 4.79. The first-order chi connectivity index (χ1) is 10.2. The number of non-ortho nitro benzene ring substituents is 1. The predicted octanol–water partition coefficient (Wildman–Crippen LogP) is 1.03. The van der Waals surface area contributed by atoms with E-state index in [-0.39, 0.29) is 17.7 Å². The summed E-state index contributed by atoms with van der Waals surface area (Å²) in [5.41, 5.74) is -1.92. The zero-order valence-corrected chi connectivity index (χ0v) is 11.6. The quantitative estimate of drug-likeness (QED) is 0.503. The zero-order chi connectivity index (χ0) is 16.9. The summed E-state index contributed by atoms with van der Waals surface area (Å²) >= 11 is 0. The van der Waals surface area contributed by atoms with Gasteiger partial charge in [-0.3, -0.25) is 19.7 Å². The van der Waals surface area contributed by atoms with E-state index in [1.54, 1.807) is 0 Å². The molecule has 0 spiro atoms. The number of nitro benzene ring substituents is 1. The number of rotatable bonds is 7. The number of carbonyl (C=O) groups excluding carboxylic acids is 1. The number of benzene rings is 1. The van der Waals surface area contributed by atoms with E-state index in [1.807, 2.05) is 0 Å². The Kier molecular flexibility index (Phi) is 5.17. The van der Waals surface area contributed by atoms with Gasteiger partial charge in [-0.2, -0.15) is 0 Å². The fourth-order valence-electron chi connectivity index (χ4n) is 1.64. The van der Waals surface area contributed by atoms with Crippen molar-refractivity contribution in [1.29, 1.82) is 0 Å². The lowest BCUT2D eigenvalue weighted by Crippen LogP contribution is -2.52. The number of aliphatic carboxylic acids is 2. The lowest BCUT2D eigenvalue weighted by atomic mass is 9.95. The van der Waals surface area contributed by atoms with Crippen molar-refractivity contribution in [3.05, 3.63) is 39.9 Å². The van der Waals surface area contributed by atoms with Crippen LogP contribution >= 0.6 is 0 Å². The summed E-state index contributed by atoms with van der Waals surface area (Å²) < 4.78 is 0. The van der Waals surface area contributed by atoms with E-state index in [0.717, 1.165) is 12.1 Å². The van der Waals surface area contributed by atoms with Gasteiger partial charge in [-0.15, -0.1) is 0 Å². The highest BCUT2D eigenvalue weighted by Gasteiger charge is 2.35. The molecule has 1 aromatic carbocycles. The van der Waals surface area contributed by atoms with Crippen LogP contribution in [-0.4, -0.2) is 38.5 Å². The SMILES string of the molecule is C[C@@](CCC(=O)O)(NC(=O)c1ccc([N+](=O)[O-])cc1)C(=O)O. The molecule has 118 valence electrons. The van der Waals surface area contributed by atoms with Gasteiger partial charge in [0, 0.05) is 24.1 Å². The molecular weight excluding hydrogens is 296 g/mol. The highest BCUT2D eigenvalue weighted by molar-refractivity contribution is 5.98. The van der Waals surface area contributed by atoms with Crippen LogP contribution in [0.1, 0.15) is 30.1 Å². The van der Waals surface area contributed by atoms with Crippen LogP contribution in [0.15, 0.2) is 24.3 Å². The summed E-state index contributed by atoms with van der Waals surface area (Å²) in [7, 11) is 0. The van der Waals surface area contributed by atoms with Crippen molar-refractivity contribution in [2.75, 3.05) is 0 Å². The first-order valence-electron chi connectivity index (χ1n) is 6.18. The van der Waals surface area contributed by atoms with Gasteiger partial charge in [0.2, 0.25) is 0 Å². The Morgan fingerprint density at radius 3 is 2.18 bits per heavy atom. The molecule has 0 unspecified atom stereocenters. The first kappa shape index (κ1) is 17.1. The highest BCUT2D eigenvalue weighted by atomic mass is 16.6. The minimum Gasteiger partial charge on any atom is -0.481 e. The molecule has 0 saturated heterocycles. The second kappa shape index (κ2) is 6.66. The van der Waals surface area contributed by atoms with Crippen molar-refractivity contribution >= 4 is 23.5 Å². The molecule has 0 aromatic heterocycles. The summed E-state index contributed by atoms with van der Waals surface area (Å²) in [6.07, 6.45) is -0.722. The maximum absolute atomic E-state index is 12.0. The molecule has 0 heterocycles. The van der Waals surface area contributed by atoms with Crippen LogP contribution < -0.4 is 5.32 Å². The molecule has 0 aliphatic carbocycles. The van der Waals surface area contributed by atoms with Gasteiger partial charge in [-0.05, 0) is 25.5 Å². The fourth-order valence-corrected chi connectivity index (χ4v) is 1.64. The topological polar surface area (TPSA) is 147 Å². The van der Waals surface area contributed by atoms with Gasteiger partial charge >= 0.3 is 11.9 Å². The number of amides is 1. The van der Waals surface area contributed by atoms with Gasteiger partial charge in [0.25, 0.3) is 11.6 Å². The summed E-state index contributed by atoms with van der Waals surface area (Å²) in [4.78, 5) is 43.7. The Hall–Kier alpha value is -2.97. The van der Waals surface area contributed by atoms with E-state index < -0.39 is 34.7 Å². The Bertz CT molecular complexity index is 611. The Morgan fingerprint density at radius 1 is 1.23 bits per heavy atom. The Balaban J connectivity index is 2.89. The number of nitrogens with zero attached hydrogens (tertiary/aromatic N) is 1. The standard InChI is InChI=1S/C13H14N2O7/c1-13(12(19)20,7-6-10(16)17)14-11(18)8-2-4-9(5-3-8)15(21)22/h2-5H,6-7H2,1H3,(H,14,18)(H,16,17)(H,19,20)/t13-/m0/s1. The van der Waals surface area contributed by atoms with Crippen molar-refractivity contribution in [3.63, 3.8) is 0 Å². The van der Waals surface area contributed by atoms with E-state index in [9.17, 15) is 24.5 Å². The molecule has 1 amide bonds. The molecule has 9 nitrogen and oxygen atoms in total. The third-order valence-corrected chi connectivity index (χ3v) is 3.04. The Morgan fingerprint density at radius 2 is 1.77 bits per heavy atom. The molecular formula is C13H14N2O7. The molecule has 0 aliphatic rings. The van der Waals surface area contributed by atoms with Gasteiger partial charge in [-0.1, -0.05) is 0 Å². The van der Waals surface area contributed by atoms with Crippen molar-refractivity contribution in [3.8, 4) is 0 Å². The van der Waals surface area contributed by atoms with E-state index in [4.69, 9.17) is 10.2 Å². The smallest absolute Gasteiger partial charge is 0.329 e. The van der Waals surface area contributed by atoms with Gasteiger partial charge in [0.05, 0.1) is 4.92 Å². The average Bonchev–Trinajstić information content (AvgIpc) is 2.45. The number of carboxylic acids is 2. The number of hydrogen-bond acceptors (Lipinski definition) is 5. The average molecular weight is 310 g/mol. The molecule has 0 bridgehead atoms. The minimum absolute atomic E-state index is 0.0356. The fraction of sp³-hybridized carbons (Fsp3) is 0.308. The van der Waals surface area contributed by atoms with Crippen LogP contribution in [-0.2, 0) is 9.59 Å². The van der Waals surface area contributed by atoms with Crippen LogP contribution in [0.2, 0.25) is 0 Å². The molecule has 0 saturated carbocycles. The normalized spacial score (nSPS) is 13.0. The van der Waals surface area contributed by atoms with E-state index in [1.165, 1.54) is 19.1 Å². The maximum Gasteiger partial charge on any atom is 0.329 e. The third-order valence-electron chi connectivity index (χ3n) is 3.04. The lowest BCUT2D eigenvalue weighted by Gasteiger charge is -2.25. The third kappa shape index (κ3) is 4.27. The molecule has 3 N–H and O–H groups in total. The van der Waals surface area contributed by atoms with E-state index in [2.05, 4.69) is 5.32 Å². The molecule has 0 aliphatic heterocycles. The second-order valence-corrected chi connectivity index (χ2v) is 4.79. The molecule has 0 fully saturated rings. The first-order valence-corrected chi connectivity index (χ1v) is 6.18. The van der Waals surface area contributed by atoms with Crippen LogP contribution in [0, 0.1) is 10.1 Å².